The molecule has 0 bridgehead atoms. The van der Waals surface area contributed by atoms with Crippen LogP contribution in [0.25, 0.3) is 10.9 Å². The summed E-state index contributed by atoms with van der Waals surface area (Å²) >= 11 is 3.44. The molecular weight excluding hydrogens is 256 g/mol. The molecule has 0 N–H and O–H groups in total. The summed E-state index contributed by atoms with van der Waals surface area (Å²) in [6, 6.07) is 3.57. The van der Waals surface area contributed by atoms with Gasteiger partial charge in [-0.25, -0.2) is 0 Å². The zero-order valence-electron chi connectivity index (χ0n) is 11.0. The number of nitrogens with zero attached hydrogens (tertiary/aromatic N) is 2. The molecule has 1 aliphatic heterocycles. The van der Waals surface area contributed by atoms with Crippen LogP contribution < -0.4 is 4.74 Å². The molecule has 4 heteroatoms. The van der Waals surface area contributed by atoms with Gasteiger partial charge in [-0.15, -0.1) is 0 Å². The average Bonchev–Trinajstić information content (AvgIpc) is 2.52. The predicted octanol–water partition coefficient (Wildman–Crippen LogP) is 2.66. The Labute approximate surface area is 100 Å². The molecule has 2 aromatic rings. The highest BCUT2D eigenvalue weighted by atomic mass is 79.9. The molecule has 3 nitrogen and oxygen atoms in total. The van der Waals surface area contributed by atoms with Crippen LogP contribution in [0, 0.1) is 0 Å². The molecule has 0 saturated carbocycles. The number of ether oxygens (including phenoxy) is 1. The highest BCUT2D eigenvalue weighted by molar-refractivity contribution is 9.10. The van der Waals surface area contributed by atoms with Crippen LogP contribution in [-0.2, 0) is 13.4 Å². The number of aryl methyl sites for hydroxylation is 2. The van der Waals surface area contributed by atoms with Gasteiger partial charge in [0.25, 0.3) is 0 Å². The maximum absolute atomic E-state index is 7.52. The predicted molar refractivity (Wildman–Crippen MR) is 62.2 cm³/mol. The number of rotatable bonds is 0. The van der Waals surface area contributed by atoms with E-state index in [9.17, 15) is 0 Å². The number of benzene rings is 1. The molecule has 0 unspecified atom stereocenters. The summed E-state index contributed by atoms with van der Waals surface area (Å²) in [5.41, 5.74) is 1.40. The molecule has 0 atom stereocenters. The van der Waals surface area contributed by atoms with E-state index in [1.807, 2.05) is 0 Å². The quantitative estimate of drug-likeness (QED) is 0.736. The lowest BCUT2D eigenvalue weighted by atomic mass is 10.1. The summed E-state index contributed by atoms with van der Waals surface area (Å²) < 4.78 is 30.2. The van der Waals surface area contributed by atoms with E-state index >= 15 is 0 Å². The van der Waals surface area contributed by atoms with Crippen LogP contribution in [0.15, 0.2) is 16.6 Å². The first-order valence-electron chi connectivity index (χ1n) is 6.32. The van der Waals surface area contributed by atoms with Crippen molar-refractivity contribution < 1.29 is 8.85 Å². The van der Waals surface area contributed by atoms with Gasteiger partial charge in [-0.2, -0.15) is 5.10 Å². The van der Waals surface area contributed by atoms with Gasteiger partial charge < -0.3 is 4.74 Å². The van der Waals surface area contributed by atoms with Gasteiger partial charge in [0.05, 0.1) is 27.7 Å². The van der Waals surface area contributed by atoms with Crippen LogP contribution in [0.3, 0.4) is 0 Å². The van der Waals surface area contributed by atoms with Crippen molar-refractivity contribution in [3.63, 3.8) is 0 Å². The molecule has 0 aliphatic carbocycles. The Morgan fingerprint density at radius 1 is 1.60 bits per heavy atom. The highest BCUT2D eigenvalue weighted by Crippen LogP contribution is 2.37. The lowest BCUT2D eigenvalue weighted by molar-refractivity contribution is 0.317. The van der Waals surface area contributed by atoms with Crippen LogP contribution in [0.4, 0.5) is 0 Å². The van der Waals surface area contributed by atoms with Gasteiger partial charge in [-0.1, -0.05) is 0 Å². The van der Waals surface area contributed by atoms with E-state index in [2.05, 4.69) is 21.0 Å². The minimum atomic E-state index is -2.26. The molecule has 1 aromatic heterocycles. The molecule has 78 valence electrons. The molecule has 0 radical (unpaired) electrons. The van der Waals surface area contributed by atoms with Crippen molar-refractivity contribution in [3.05, 3.63) is 22.3 Å². The number of hydrogen-bond acceptors (Lipinski definition) is 2. The van der Waals surface area contributed by atoms with Crippen LogP contribution in [0.5, 0.6) is 5.75 Å². The first kappa shape index (κ1) is 6.53. The Bertz CT molecular complexity index is 621. The summed E-state index contributed by atoms with van der Waals surface area (Å²) in [4.78, 5) is 0. The third-order valence-electron chi connectivity index (χ3n) is 2.63. The largest absolute Gasteiger partial charge is 0.492 e. The molecule has 0 spiro atoms. The Balaban J connectivity index is 2.39. The molecule has 0 amide bonds. The van der Waals surface area contributed by atoms with Crippen molar-refractivity contribution in [3.8, 4) is 5.75 Å². The smallest absolute Gasteiger partial charge is 0.144 e. The normalized spacial score (nSPS) is 18.9. The van der Waals surface area contributed by atoms with Crippen LogP contribution >= 0.6 is 15.9 Å². The third-order valence-corrected chi connectivity index (χ3v) is 3.25. The van der Waals surface area contributed by atoms with Crippen LogP contribution in [0.1, 0.15) is 16.2 Å². The molecule has 0 fully saturated rings. The average molecular weight is 270 g/mol. The van der Waals surface area contributed by atoms with Gasteiger partial charge in [-0.05, 0) is 40.9 Å². The monoisotopic (exact) mass is 269 g/mol. The Morgan fingerprint density at radius 3 is 3.40 bits per heavy atom. The van der Waals surface area contributed by atoms with E-state index < -0.39 is 6.98 Å². The van der Waals surface area contributed by atoms with E-state index in [1.165, 1.54) is 0 Å². The summed E-state index contributed by atoms with van der Waals surface area (Å²) in [6.45, 7) is -1.64. The number of halogens is 1. The first-order chi connectivity index (χ1) is 8.48. The SMILES string of the molecule is [2H]C([2H])([2H])n1nc2c3c(c(Br)ccc31)OCCC2. The van der Waals surface area contributed by atoms with Gasteiger partial charge >= 0.3 is 0 Å². The van der Waals surface area contributed by atoms with Gasteiger partial charge in [-0.3, -0.25) is 4.68 Å². The zero-order valence-corrected chi connectivity index (χ0v) is 9.54. The fourth-order valence-electron chi connectivity index (χ4n) is 1.96. The fraction of sp³-hybridized carbons (Fsp3) is 0.364. The Hall–Kier alpha value is -1.03. The van der Waals surface area contributed by atoms with Gasteiger partial charge in [0.2, 0.25) is 0 Å². The minimum Gasteiger partial charge on any atom is -0.492 e. The first-order valence-corrected chi connectivity index (χ1v) is 5.61. The van der Waals surface area contributed by atoms with Gasteiger partial charge in [0.15, 0.2) is 0 Å². The molecule has 1 aromatic carbocycles. The summed E-state index contributed by atoms with van der Waals surface area (Å²) in [5, 5.41) is 5.06. The fourth-order valence-corrected chi connectivity index (χ4v) is 2.40. The third kappa shape index (κ3) is 1.28. The second kappa shape index (κ2) is 3.23. The Morgan fingerprint density at radius 2 is 2.53 bits per heavy atom. The highest BCUT2D eigenvalue weighted by Gasteiger charge is 2.18. The number of hydrogen-bond donors (Lipinski definition) is 0. The lowest BCUT2D eigenvalue weighted by Gasteiger charge is -2.06. The summed E-state index contributed by atoms with van der Waals surface area (Å²) in [5.74, 6) is 0.704. The topological polar surface area (TPSA) is 27.1 Å². The van der Waals surface area contributed by atoms with E-state index in [0.717, 1.165) is 33.1 Å². The Kier molecular flexibility index (Phi) is 1.41. The minimum absolute atomic E-state index is 0.602. The van der Waals surface area contributed by atoms with E-state index in [4.69, 9.17) is 8.85 Å². The standard InChI is InChI=1S/C11H11BrN2O/c1-14-9-5-4-7(12)11-10(9)8(13-14)3-2-6-15-11/h4-5H,2-3,6H2,1H3/i1D3. The van der Waals surface area contributed by atoms with Gasteiger partial charge in [0, 0.05) is 11.1 Å². The summed E-state index contributed by atoms with van der Waals surface area (Å²) in [6.07, 6.45) is 1.58. The van der Waals surface area contributed by atoms with E-state index in [0.29, 0.717) is 17.9 Å². The lowest BCUT2D eigenvalue weighted by Crippen LogP contribution is -1.98. The van der Waals surface area contributed by atoms with Crippen molar-refractivity contribution in [1.29, 1.82) is 0 Å². The van der Waals surface area contributed by atoms with E-state index in [-0.39, 0.29) is 0 Å². The van der Waals surface area contributed by atoms with Crippen molar-refractivity contribution >= 4 is 26.8 Å². The molecule has 2 heterocycles. The molecular formula is C11H11BrN2O. The van der Waals surface area contributed by atoms with Crippen LogP contribution in [-0.4, -0.2) is 16.4 Å². The number of aromatic nitrogens is 2. The zero-order chi connectivity index (χ0) is 12.9. The molecule has 3 rings (SSSR count). The molecule has 0 saturated heterocycles. The second-order valence-corrected chi connectivity index (χ2v) is 4.44. The van der Waals surface area contributed by atoms with E-state index in [1.54, 1.807) is 12.1 Å². The second-order valence-electron chi connectivity index (χ2n) is 3.58. The van der Waals surface area contributed by atoms with Crippen molar-refractivity contribution in [1.82, 2.24) is 9.78 Å². The van der Waals surface area contributed by atoms with Crippen molar-refractivity contribution in [2.75, 3.05) is 6.61 Å². The maximum atomic E-state index is 7.52. The van der Waals surface area contributed by atoms with Crippen LogP contribution in [0.2, 0.25) is 0 Å². The van der Waals surface area contributed by atoms with Gasteiger partial charge in [0.1, 0.15) is 5.75 Å². The maximum Gasteiger partial charge on any atom is 0.144 e. The molecule has 1 aliphatic rings. The molecule has 15 heavy (non-hydrogen) atoms. The van der Waals surface area contributed by atoms with Crippen molar-refractivity contribution in [2.24, 2.45) is 6.98 Å². The van der Waals surface area contributed by atoms with Crippen molar-refractivity contribution in [2.45, 2.75) is 12.8 Å². The summed E-state index contributed by atoms with van der Waals surface area (Å²) in [7, 11) is 0.